The Labute approximate surface area is 147 Å². The van der Waals surface area contributed by atoms with Crippen molar-refractivity contribution < 1.29 is 9.53 Å². The van der Waals surface area contributed by atoms with Gasteiger partial charge in [0, 0.05) is 20.3 Å². The van der Waals surface area contributed by atoms with Gasteiger partial charge >= 0.3 is 0 Å². The Kier molecular flexibility index (Phi) is 4.84. The second-order valence-electron chi connectivity index (χ2n) is 4.91. The summed E-state index contributed by atoms with van der Waals surface area (Å²) in [6, 6.07) is 18.6. The van der Waals surface area contributed by atoms with Gasteiger partial charge in [-0.25, -0.2) is 0 Å². The van der Waals surface area contributed by atoms with Crippen LogP contribution in [0.3, 0.4) is 0 Å². The number of rotatable bonds is 4. The molecule has 0 aromatic heterocycles. The van der Waals surface area contributed by atoms with E-state index in [1.807, 2.05) is 48.5 Å². The van der Waals surface area contributed by atoms with Crippen molar-refractivity contribution in [3.8, 4) is 5.75 Å². The summed E-state index contributed by atoms with van der Waals surface area (Å²) in [5.41, 5.74) is 0.710. The number of hydrogen-bond donors (Lipinski definition) is 1. The minimum atomic E-state index is -0.226. The normalized spacial score (nSPS) is 10.5. The standard InChI is InChI=1S/C18H13BrClNO2/c19-14-7-3-4-8-16(14)21-18(22)11-23-17-10-9-15(20)12-5-1-2-6-13(12)17/h1-10H,11H2,(H,21,22). The predicted octanol–water partition coefficient (Wildman–Crippen LogP) is 5.27. The topological polar surface area (TPSA) is 38.3 Å². The SMILES string of the molecule is O=C(COc1ccc(Cl)c2ccccc12)Nc1ccccc1Br. The van der Waals surface area contributed by atoms with Crippen LogP contribution < -0.4 is 10.1 Å². The molecule has 0 aliphatic rings. The van der Waals surface area contributed by atoms with Gasteiger partial charge in [0.15, 0.2) is 6.61 Å². The monoisotopic (exact) mass is 389 g/mol. The first kappa shape index (κ1) is 15.8. The van der Waals surface area contributed by atoms with Gasteiger partial charge in [0.2, 0.25) is 0 Å². The maximum Gasteiger partial charge on any atom is 0.262 e. The van der Waals surface area contributed by atoms with Crippen molar-refractivity contribution in [2.24, 2.45) is 0 Å². The van der Waals surface area contributed by atoms with E-state index in [1.165, 1.54) is 0 Å². The van der Waals surface area contributed by atoms with E-state index < -0.39 is 0 Å². The van der Waals surface area contributed by atoms with Crippen molar-refractivity contribution in [1.29, 1.82) is 0 Å². The number of fused-ring (bicyclic) bond motifs is 1. The van der Waals surface area contributed by atoms with E-state index in [9.17, 15) is 4.79 Å². The fraction of sp³-hybridized carbons (Fsp3) is 0.0556. The Balaban J connectivity index is 1.73. The zero-order valence-electron chi connectivity index (χ0n) is 12.1. The zero-order valence-corrected chi connectivity index (χ0v) is 14.4. The van der Waals surface area contributed by atoms with E-state index in [-0.39, 0.29) is 12.5 Å². The van der Waals surface area contributed by atoms with Crippen molar-refractivity contribution >= 4 is 49.9 Å². The molecule has 23 heavy (non-hydrogen) atoms. The van der Waals surface area contributed by atoms with Crippen molar-refractivity contribution in [2.45, 2.75) is 0 Å². The van der Waals surface area contributed by atoms with Gasteiger partial charge in [0.25, 0.3) is 5.91 Å². The van der Waals surface area contributed by atoms with Gasteiger partial charge < -0.3 is 10.1 Å². The Hall–Kier alpha value is -2.04. The van der Waals surface area contributed by atoms with E-state index in [0.717, 1.165) is 15.2 Å². The van der Waals surface area contributed by atoms with Crippen molar-refractivity contribution in [1.82, 2.24) is 0 Å². The zero-order chi connectivity index (χ0) is 16.2. The number of amides is 1. The minimum absolute atomic E-state index is 0.0764. The highest BCUT2D eigenvalue weighted by Gasteiger charge is 2.09. The van der Waals surface area contributed by atoms with Crippen LogP contribution in [0.2, 0.25) is 5.02 Å². The summed E-state index contributed by atoms with van der Waals surface area (Å²) in [5, 5.41) is 5.24. The molecule has 116 valence electrons. The average molecular weight is 391 g/mol. The molecule has 3 aromatic rings. The van der Waals surface area contributed by atoms with Gasteiger partial charge in [0.1, 0.15) is 5.75 Å². The molecule has 0 radical (unpaired) electrons. The van der Waals surface area contributed by atoms with E-state index in [1.54, 1.807) is 12.1 Å². The molecule has 0 aliphatic heterocycles. The van der Waals surface area contributed by atoms with E-state index in [2.05, 4.69) is 21.2 Å². The Bertz CT molecular complexity index is 867. The number of hydrogen-bond acceptors (Lipinski definition) is 2. The molecule has 0 heterocycles. The van der Waals surface area contributed by atoms with Gasteiger partial charge in [0.05, 0.1) is 5.69 Å². The molecule has 0 bridgehead atoms. The molecule has 0 saturated heterocycles. The molecule has 3 nitrogen and oxygen atoms in total. The quantitative estimate of drug-likeness (QED) is 0.659. The Morgan fingerprint density at radius 3 is 2.48 bits per heavy atom. The smallest absolute Gasteiger partial charge is 0.262 e. The van der Waals surface area contributed by atoms with Crippen LogP contribution in [-0.4, -0.2) is 12.5 Å². The van der Waals surface area contributed by atoms with Gasteiger partial charge in [-0.05, 0) is 40.2 Å². The molecule has 0 fully saturated rings. The predicted molar refractivity (Wildman–Crippen MR) is 97.2 cm³/mol. The summed E-state index contributed by atoms with van der Waals surface area (Å²) in [7, 11) is 0. The summed E-state index contributed by atoms with van der Waals surface area (Å²) in [6.07, 6.45) is 0. The molecule has 3 rings (SSSR count). The second kappa shape index (κ2) is 7.02. The maximum absolute atomic E-state index is 12.1. The van der Waals surface area contributed by atoms with Crippen LogP contribution in [0, 0.1) is 0 Å². The lowest BCUT2D eigenvalue weighted by Crippen LogP contribution is -2.20. The van der Waals surface area contributed by atoms with Crippen molar-refractivity contribution in [3.05, 3.63) is 70.2 Å². The Morgan fingerprint density at radius 2 is 1.70 bits per heavy atom. The number of ether oxygens (including phenoxy) is 1. The lowest BCUT2D eigenvalue weighted by Gasteiger charge is -2.11. The molecule has 0 unspecified atom stereocenters. The average Bonchev–Trinajstić information content (AvgIpc) is 2.57. The second-order valence-corrected chi connectivity index (χ2v) is 6.17. The number of benzene rings is 3. The molecule has 5 heteroatoms. The summed E-state index contributed by atoms with van der Waals surface area (Å²) in [6.45, 7) is -0.0764. The summed E-state index contributed by atoms with van der Waals surface area (Å²) in [4.78, 5) is 12.1. The molecule has 0 aliphatic carbocycles. The van der Waals surface area contributed by atoms with Crippen LogP contribution in [0.4, 0.5) is 5.69 Å². The first-order valence-corrected chi connectivity index (χ1v) is 8.16. The van der Waals surface area contributed by atoms with E-state index in [4.69, 9.17) is 16.3 Å². The number of halogens is 2. The third kappa shape index (κ3) is 3.66. The number of nitrogens with one attached hydrogen (secondary N) is 1. The number of anilines is 1. The molecule has 3 aromatic carbocycles. The van der Waals surface area contributed by atoms with Gasteiger partial charge in [-0.15, -0.1) is 0 Å². The molecule has 0 atom stereocenters. The number of carbonyl (C=O) groups excluding carboxylic acids is 1. The van der Waals surface area contributed by atoms with E-state index >= 15 is 0 Å². The Morgan fingerprint density at radius 1 is 1.00 bits per heavy atom. The van der Waals surface area contributed by atoms with Crippen LogP contribution in [-0.2, 0) is 4.79 Å². The molecule has 1 amide bonds. The van der Waals surface area contributed by atoms with Crippen LogP contribution >= 0.6 is 27.5 Å². The lowest BCUT2D eigenvalue weighted by molar-refractivity contribution is -0.118. The highest BCUT2D eigenvalue weighted by molar-refractivity contribution is 9.10. The third-order valence-corrected chi connectivity index (χ3v) is 4.36. The maximum atomic E-state index is 12.1. The molecule has 1 N–H and O–H groups in total. The van der Waals surface area contributed by atoms with Crippen molar-refractivity contribution in [2.75, 3.05) is 11.9 Å². The highest BCUT2D eigenvalue weighted by Crippen LogP contribution is 2.31. The number of para-hydroxylation sites is 1. The third-order valence-electron chi connectivity index (χ3n) is 3.34. The summed E-state index contributed by atoms with van der Waals surface area (Å²) >= 11 is 9.57. The van der Waals surface area contributed by atoms with Gasteiger partial charge in [-0.3, -0.25) is 4.79 Å². The van der Waals surface area contributed by atoms with Gasteiger partial charge in [-0.2, -0.15) is 0 Å². The highest BCUT2D eigenvalue weighted by atomic mass is 79.9. The first-order valence-electron chi connectivity index (χ1n) is 6.99. The minimum Gasteiger partial charge on any atom is -0.483 e. The van der Waals surface area contributed by atoms with Crippen LogP contribution in [0.25, 0.3) is 10.8 Å². The molecular formula is C18H13BrClNO2. The van der Waals surface area contributed by atoms with Gasteiger partial charge in [-0.1, -0.05) is 48.0 Å². The molecular weight excluding hydrogens is 378 g/mol. The fourth-order valence-electron chi connectivity index (χ4n) is 2.25. The summed E-state index contributed by atoms with van der Waals surface area (Å²) < 4.78 is 6.49. The summed E-state index contributed by atoms with van der Waals surface area (Å²) in [5.74, 6) is 0.406. The number of carbonyl (C=O) groups is 1. The molecule has 0 saturated carbocycles. The van der Waals surface area contributed by atoms with Crippen LogP contribution in [0.15, 0.2) is 65.1 Å². The lowest BCUT2D eigenvalue weighted by atomic mass is 10.1. The fourth-order valence-corrected chi connectivity index (χ4v) is 2.86. The van der Waals surface area contributed by atoms with E-state index in [0.29, 0.717) is 16.5 Å². The molecule has 0 spiro atoms. The largest absolute Gasteiger partial charge is 0.483 e. The van der Waals surface area contributed by atoms with Crippen LogP contribution in [0.5, 0.6) is 5.75 Å². The van der Waals surface area contributed by atoms with Crippen LogP contribution in [0.1, 0.15) is 0 Å². The first-order chi connectivity index (χ1) is 11.1. The van der Waals surface area contributed by atoms with Crippen molar-refractivity contribution in [3.63, 3.8) is 0 Å².